The molecule has 2 unspecified atom stereocenters. The molecule has 2 aromatic carbocycles. The largest absolute Gasteiger partial charge is 0.497 e. The van der Waals surface area contributed by atoms with Crippen molar-refractivity contribution >= 4 is 16.8 Å². The number of aromatic nitrogens is 2. The van der Waals surface area contributed by atoms with Gasteiger partial charge in [-0.3, -0.25) is 14.4 Å². The number of morpholine rings is 1. The predicted molar refractivity (Wildman–Crippen MR) is 137 cm³/mol. The highest BCUT2D eigenvalue weighted by atomic mass is 16.5. The Labute approximate surface area is 206 Å². The van der Waals surface area contributed by atoms with Crippen LogP contribution >= 0.6 is 0 Å². The lowest BCUT2D eigenvalue weighted by Gasteiger charge is -2.48. The summed E-state index contributed by atoms with van der Waals surface area (Å²) in [5.41, 5.74) is 3.98. The smallest absolute Gasteiger partial charge is 0.272 e. The Bertz CT molecular complexity index is 1200. The number of hydrogen-bond donors (Lipinski definition) is 1. The molecule has 2 aliphatic rings. The molecule has 1 amide bonds. The fourth-order valence-corrected chi connectivity index (χ4v) is 5.26. The number of ether oxygens (including phenoxy) is 2. The minimum absolute atomic E-state index is 0.0928. The Balaban J connectivity index is 1.29. The summed E-state index contributed by atoms with van der Waals surface area (Å²) in [6.45, 7) is 7.06. The maximum atomic E-state index is 13.4. The van der Waals surface area contributed by atoms with Crippen LogP contribution in [0.25, 0.3) is 10.9 Å². The fourth-order valence-electron chi connectivity index (χ4n) is 5.26. The molecule has 0 saturated carbocycles. The van der Waals surface area contributed by atoms with Gasteiger partial charge in [0.25, 0.3) is 5.91 Å². The Morgan fingerprint density at radius 2 is 1.83 bits per heavy atom. The summed E-state index contributed by atoms with van der Waals surface area (Å²) >= 11 is 0. The number of carbonyl (C=O) groups excluding carboxylic acids is 1. The van der Waals surface area contributed by atoms with Crippen molar-refractivity contribution in [1.82, 2.24) is 20.0 Å². The fraction of sp³-hybridized carbons (Fsp3) is 0.429. The van der Waals surface area contributed by atoms with Crippen LogP contribution in [-0.2, 0) is 17.8 Å². The van der Waals surface area contributed by atoms with Crippen LogP contribution in [0.4, 0.5) is 0 Å². The summed E-state index contributed by atoms with van der Waals surface area (Å²) in [6, 6.07) is 16.9. The van der Waals surface area contributed by atoms with E-state index in [9.17, 15) is 4.79 Å². The zero-order valence-corrected chi connectivity index (χ0v) is 20.7. The van der Waals surface area contributed by atoms with Crippen LogP contribution in [0.1, 0.15) is 42.7 Å². The van der Waals surface area contributed by atoms with Gasteiger partial charge in [-0.1, -0.05) is 42.0 Å². The van der Waals surface area contributed by atoms with E-state index in [4.69, 9.17) is 14.6 Å². The van der Waals surface area contributed by atoms with Crippen LogP contribution in [0, 0.1) is 0 Å². The third kappa shape index (κ3) is 5.11. The van der Waals surface area contributed by atoms with Crippen LogP contribution in [0.2, 0.25) is 0 Å². The first-order chi connectivity index (χ1) is 17.0. The quantitative estimate of drug-likeness (QED) is 0.521. The molecular weight excluding hydrogens is 440 g/mol. The van der Waals surface area contributed by atoms with E-state index < -0.39 is 0 Å². The molecule has 2 bridgehead atoms. The Morgan fingerprint density at radius 1 is 1.11 bits per heavy atom. The van der Waals surface area contributed by atoms with Crippen molar-refractivity contribution in [3.63, 3.8) is 0 Å². The van der Waals surface area contributed by atoms with Gasteiger partial charge in [-0.2, -0.15) is 5.10 Å². The van der Waals surface area contributed by atoms with Gasteiger partial charge in [-0.25, -0.2) is 0 Å². The van der Waals surface area contributed by atoms with Gasteiger partial charge in [0.05, 0.1) is 32.4 Å². The molecule has 7 nitrogen and oxygen atoms in total. The first-order valence-electron chi connectivity index (χ1n) is 12.4. The van der Waals surface area contributed by atoms with E-state index in [-0.39, 0.29) is 24.0 Å². The van der Waals surface area contributed by atoms with Gasteiger partial charge in [-0.15, -0.1) is 0 Å². The van der Waals surface area contributed by atoms with E-state index in [2.05, 4.69) is 42.3 Å². The molecule has 2 fully saturated rings. The summed E-state index contributed by atoms with van der Waals surface area (Å²) in [5, 5.41) is 8.90. The summed E-state index contributed by atoms with van der Waals surface area (Å²) in [4.78, 5) is 15.9. The second kappa shape index (κ2) is 10.2. The lowest BCUT2D eigenvalue weighted by molar-refractivity contribution is -0.0843. The number of nitrogens with one attached hydrogen (secondary N) is 1. The van der Waals surface area contributed by atoms with Crippen molar-refractivity contribution in [2.24, 2.45) is 0 Å². The van der Waals surface area contributed by atoms with E-state index >= 15 is 0 Å². The number of nitrogens with zero attached hydrogens (tertiary/aromatic N) is 3. The van der Waals surface area contributed by atoms with Gasteiger partial charge in [0.15, 0.2) is 5.69 Å². The highest BCUT2D eigenvalue weighted by molar-refractivity contribution is 6.05. The number of allylic oxidation sites excluding steroid dienone is 2. The molecule has 184 valence electrons. The van der Waals surface area contributed by atoms with E-state index in [0.717, 1.165) is 36.0 Å². The van der Waals surface area contributed by atoms with Crippen molar-refractivity contribution in [1.29, 1.82) is 0 Å². The van der Waals surface area contributed by atoms with Crippen LogP contribution in [0.15, 0.2) is 60.2 Å². The maximum Gasteiger partial charge on any atom is 0.272 e. The van der Waals surface area contributed by atoms with E-state index in [1.54, 1.807) is 7.11 Å². The number of para-hydroxylation sites is 1. The maximum absolute atomic E-state index is 13.4. The molecule has 3 aromatic rings. The van der Waals surface area contributed by atoms with Gasteiger partial charge in [-0.05, 0) is 50.5 Å². The Morgan fingerprint density at radius 3 is 2.51 bits per heavy atom. The van der Waals surface area contributed by atoms with Gasteiger partial charge in [0, 0.05) is 30.1 Å². The first-order valence-corrected chi connectivity index (χ1v) is 12.4. The molecule has 0 radical (unpaired) electrons. The van der Waals surface area contributed by atoms with Crippen LogP contribution in [-0.4, -0.2) is 59.0 Å². The minimum atomic E-state index is -0.0928. The van der Waals surface area contributed by atoms with Crippen molar-refractivity contribution in [3.8, 4) is 5.75 Å². The van der Waals surface area contributed by atoms with E-state index in [0.29, 0.717) is 25.5 Å². The second-order valence-corrected chi connectivity index (χ2v) is 9.84. The lowest BCUT2D eigenvalue weighted by atomic mass is 9.89. The number of piperidine rings is 1. The number of methoxy groups -OCH3 is 1. The predicted octanol–water partition coefficient (Wildman–Crippen LogP) is 4.17. The van der Waals surface area contributed by atoms with Crippen molar-refractivity contribution < 1.29 is 14.3 Å². The molecule has 0 spiro atoms. The standard InChI is InChI=1S/C28H34N4O3/c1-19(2)12-13-32-26-7-5-4-6-25(26)27(30-32)28(33)29-21-14-22-17-35-18-23(15-21)31(22)16-20-8-10-24(34-3)11-9-20/h4-12,21-23H,13-18H2,1-3H3,(H,29,33). The molecular formula is C28H34N4O3. The Hall–Kier alpha value is -3.16. The zero-order chi connectivity index (χ0) is 24.4. The summed E-state index contributed by atoms with van der Waals surface area (Å²) < 4.78 is 13.1. The van der Waals surface area contributed by atoms with E-state index in [1.165, 1.54) is 11.1 Å². The minimum Gasteiger partial charge on any atom is -0.497 e. The molecule has 0 aliphatic carbocycles. The molecule has 2 saturated heterocycles. The van der Waals surface area contributed by atoms with Crippen LogP contribution < -0.4 is 10.1 Å². The third-order valence-electron chi connectivity index (χ3n) is 7.08. The lowest BCUT2D eigenvalue weighted by Crippen LogP contribution is -2.60. The number of carbonyl (C=O) groups is 1. The molecule has 3 heterocycles. The van der Waals surface area contributed by atoms with Crippen molar-refractivity contribution in [2.75, 3.05) is 20.3 Å². The van der Waals surface area contributed by atoms with Gasteiger partial charge < -0.3 is 14.8 Å². The normalized spacial score (nSPS) is 22.1. The number of fused-ring (bicyclic) bond motifs is 3. The molecule has 2 atom stereocenters. The number of benzene rings is 2. The Kier molecular flexibility index (Phi) is 6.88. The van der Waals surface area contributed by atoms with Crippen LogP contribution in [0.3, 0.4) is 0 Å². The second-order valence-electron chi connectivity index (χ2n) is 9.84. The zero-order valence-electron chi connectivity index (χ0n) is 20.7. The molecule has 1 N–H and O–H groups in total. The van der Waals surface area contributed by atoms with Gasteiger partial charge in [0.1, 0.15) is 5.75 Å². The molecule has 2 aliphatic heterocycles. The highest BCUT2D eigenvalue weighted by Crippen LogP contribution is 2.30. The third-order valence-corrected chi connectivity index (χ3v) is 7.08. The average Bonchev–Trinajstić information content (AvgIpc) is 3.22. The average molecular weight is 475 g/mol. The highest BCUT2D eigenvalue weighted by Gasteiger charge is 2.39. The topological polar surface area (TPSA) is 68.6 Å². The molecule has 1 aromatic heterocycles. The number of rotatable bonds is 7. The molecule has 35 heavy (non-hydrogen) atoms. The number of amides is 1. The van der Waals surface area contributed by atoms with Gasteiger partial charge in [0.2, 0.25) is 0 Å². The summed E-state index contributed by atoms with van der Waals surface area (Å²) in [5.74, 6) is 0.777. The van der Waals surface area contributed by atoms with Crippen LogP contribution in [0.5, 0.6) is 5.75 Å². The number of hydrogen-bond acceptors (Lipinski definition) is 5. The van der Waals surface area contributed by atoms with Crippen molar-refractivity contribution in [2.45, 2.75) is 57.9 Å². The van der Waals surface area contributed by atoms with Crippen molar-refractivity contribution in [3.05, 3.63) is 71.4 Å². The molecule has 5 rings (SSSR count). The monoisotopic (exact) mass is 474 g/mol. The SMILES string of the molecule is COc1ccc(CN2C3COCC2CC(NC(=O)c2nn(CC=C(C)C)c4ccccc24)C3)cc1. The first kappa shape index (κ1) is 23.6. The summed E-state index contributed by atoms with van der Waals surface area (Å²) in [6.07, 6.45) is 3.87. The van der Waals surface area contributed by atoms with Gasteiger partial charge >= 0.3 is 0 Å². The summed E-state index contributed by atoms with van der Waals surface area (Å²) in [7, 11) is 1.69. The molecule has 7 heteroatoms. The van der Waals surface area contributed by atoms with E-state index in [1.807, 2.05) is 41.1 Å².